The lowest BCUT2D eigenvalue weighted by Crippen LogP contribution is -2.41. The highest BCUT2D eigenvalue weighted by Crippen LogP contribution is 2.41. The van der Waals surface area contributed by atoms with E-state index in [-0.39, 0.29) is 29.6 Å². The number of H-pyrrole nitrogens is 1. The van der Waals surface area contributed by atoms with Gasteiger partial charge in [-0.3, -0.25) is 14.6 Å². The molecule has 1 fully saturated rings. The molecular weight excluding hydrogens is 528 g/mol. The van der Waals surface area contributed by atoms with Crippen molar-refractivity contribution in [2.45, 2.75) is 43.3 Å². The molecular formula is C29H44N6O4S. The Hall–Kier alpha value is -2.59. The van der Waals surface area contributed by atoms with Gasteiger partial charge in [-0.2, -0.15) is 5.26 Å². The standard InChI is InChI=1S/C29H44N6O4S/c1-7-13-39-29(38)20(16-30)14-25-35(8-2)28(37)26(40-25)19(3)17-31-21-9-10-24-22(15-21)23(18-32-24)27(36)34(6)12-11-33(4)5/h7,9-10,15,18-20,25-28,31-32,36-37H,1,8,11-14,17H2,2-6H3/t19?,20-,25?,26?,27?,28?/m1/s1. The van der Waals surface area contributed by atoms with Gasteiger partial charge in [0.2, 0.25) is 0 Å². The molecule has 0 saturated carbocycles. The van der Waals surface area contributed by atoms with Gasteiger partial charge in [-0.15, -0.1) is 11.8 Å². The van der Waals surface area contributed by atoms with Gasteiger partial charge in [-0.05, 0) is 58.2 Å². The fourth-order valence-electron chi connectivity index (χ4n) is 4.92. The van der Waals surface area contributed by atoms with E-state index in [0.717, 1.165) is 35.2 Å². The topological polar surface area (TPSA) is 128 Å². The molecule has 1 aliphatic heterocycles. The maximum absolute atomic E-state index is 12.3. The number of anilines is 1. The summed E-state index contributed by atoms with van der Waals surface area (Å²) in [4.78, 5) is 21.5. The Labute approximate surface area is 241 Å². The molecule has 6 atom stereocenters. The number of hydrogen-bond acceptors (Lipinski definition) is 10. The molecule has 0 bridgehead atoms. The first-order valence-corrected chi connectivity index (χ1v) is 14.7. The van der Waals surface area contributed by atoms with Gasteiger partial charge >= 0.3 is 5.97 Å². The molecule has 1 saturated heterocycles. The van der Waals surface area contributed by atoms with Crippen molar-refractivity contribution in [3.05, 3.63) is 42.6 Å². The van der Waals surface area contributed by atoms with Crippen molar-refractivity contribution < 1.29 is 19.7 Å². The average molecular weight is 573 g/mol. The molecule has 1 aromatic carbocycles. The molecule has 0 radical (unpaired) electrons. The fourth-order valence-corrected chi connectivity index (χ4v) is 6.68. The van der Waals surface area contributed by atoms with Crippen molar-refractivity contribution >= 4 is 34.3 Å². The first-order valence-electron chi connectivity index (χ1n) is 13.8. The Morgan fingerprint density at radius 2 is 2.12 bits per heavy atom. The molecule has 11 heteroatoms. The van der Waals surface area contributed by atoms with Crippen LogP contribution in [0.2, 0.25) is 0 Å². The number of benzene rings is 1. The Morgan fingerprint density at radius 1 is 1.38 bits per heavy atom. The number of carbonyl (C=O) groups excluding carboxylic acids is 1. The van der Waals surface area contributed by atoms with Gasteiger partial charge < -0.3 is 30.2 Å². The van der Waals surface area contributed by atoms with E-state index in [1.807, 2.05) is 62.3 Å². The van der Waals surface area contributed by atoms with Crippen molar-refractivity contribution in [2.75, 3.05) is 59.2 Å². The molecule has 5 unspecified atom stereocenters. The molecule has 1 aromatic heterocycles. The number of aromatic nitrogens is 1. The van der Waals surface area contributed by atoms with Crippen molar-refractivity contribution in [1.29, 1.82) is 5.26 Å². The van der Waals surface area contributed by atoms with Crippen molar-refractivity contribution in [3.63, 3.8) is 0 Å². The largest absolute Gasteiger partial charge is 0.460 e. The van der Waals surface area contributed by atoms with Gasteiger partial charge in [-0.1, -0.05) is 26.5 Å². The second-order valence-electron chi connectivity index (χ2n) is 10.7. The van der Waals surface area contributed by atoms with E-state index in [1.165, 1.54) is 6.08 Å². The van der Waals surface area contributed by atoms with Crippen LogP contribution in [0, 0.1) is 23.2 Å². The highest BCUT2D eigenvalue weighted by molar-refractivity contribution is 8.00. The Balaban J connectivity index is 1.65. The number of carbonyl (C=O) groups is 1. The van der Waals surface area contributed by atoms with Gasteiger partial charge in [0, 0.05) is 48.0 Å². The lowest BCUT2D eigenvalue weighted by molar-refractivity contribution is -0.145. The summed E-state index contributed by atoms with van der Waals surface area (Å²) >= 11 is 1.61. The molecule has 0 aliphatic carbocycles. The van der Waals surface area contributed by atoms with E-state index < -0.39 is 24.3 Å². The van der Waals surface area contributed by atoms with Crippen LogP contribution in [-0.2, 0) is 9.53 Å². The number of likely N-dealkylation sites (N-methyl/N-ethyl adjacent to an activating group) is 2. The zero-order valence-electron chi connectivity index (χ0n) is 24.2. The van der Waals surface area contributed by atoms with Crippen LogP contribution in [0.5, 0.6) is 0 Å². The summed E-state index contributed by atoms with van der Waals surface area (Å²) in [6.45, 7) is 10.5. The number of fused-ring (bicyclic) bond motifs is 1. The van der Waals surface area contributed by atoms with E-state index in [0.29, 0.717) is 13.1 Å². The minimum absolute atomic E-state index is 0.0718. The summed E-state index contributed by atoms with van der Waals surface area (Å²) in [5, 5.41) is 35.9. The summed E-state index contributed by atoms with van der Waals surface area (Å²) in [5.41, 5.74) is 2.71. The highest BCUT2D eigenvalue weighted by Gasteiger charge is 2.44. The molecule has 2 aromatic rings. The smallest absolute Gasteiger partial charge is 0.323 e. The third-order valence-corrected chi connectivity index (χ3v) is 9.20. The van der Waals surface area contributed by atoms with Gasteiger partial charge in [0.25, 0.3) is 0 Å². The zero-order valence-corrected chi connectivity index (χ0v) is 25.0. The number of ether oxygens (including phenoxy) is 1. The average Bonchev–Trinajstić information content (AvgIpc) is 3.51. The lowest BCUT2D eigenvalue weighted by Gasteiger charge is -2.27. The van der Waals surface area contributed by atoms with Gasteiger partial charge in [0.1, 0.15) is 25.0 Å². The molecule has 10 nitrogen and oxygen atoms in total. The molecule has 0 spiro atoms. The summed E-state index contributed by atoms with van der Waals surface area (Å²) in [6.07, 6.45) is 2.21. The van der Waals surface area contributed by atoms with Crippen LogP contribution >= 0.6 is 11.8 Å². The van der Waals surface area contributed by atoms with Crippen LogP contribution in [0.15, 0.2) is 37.1 Å². The first kappa shape index (κ1) is 31.9. The van der Waals surface area contributed by atoms with Crippen LogP contribution in [0.4, 0.5) is 5.69 Å². The number of nitrogens with zero attached hydrogens (tertiary/aromatic N) is 4. The maximum Gasteiger partial charge on any atom is 0.323 e. The fraction of sp³-hybridized carbons (Fsp3) is 0.586. The third kappa shape index (κ3) is 7.78. The molecule has 1 aliphatic rings. The highest BCUT2D eigenvalue weighted by atomic mass is 32.2. The number of aliphatic hydroxyl groups is 2. The quantitative estimate of drug-likeness (QED) is 0.144. The first-order chi connectivity index (χ1) is 19.1. The van der Waals surface area contributed by atoms with Gasteiger partial charge in [-0.25, -0.2) is 0 Å². The van der Waals surface area contributed by atoms with Crippen LogP contribution in [-0.4, -0.2) is 107 Å². The number of rotatable bonds is 15. The lowest BCUT2D eigenvalue weighted by atomic mass is 10.0. The summed E-state index contributed by atoms with van der Waals surface area (Å²) in [5.74, 6) is -1.36. The van der Waals surface area contributed by atoms with Crippen LogP contribution in [0.25, 0.3) is 10.9 Å². The minimum atomic E-state index is -0.898. The second-order valence-corrected chi connectivity index (χ2v) is 12.0. The van der Waals surface area contributed by atoms with Gasteiger partial charge in [0.05, 0.1) is 16.7 Å². The summed E-state index contributed by atoms with van der Waals surface area (Å²) in [7, 11) is 5.94. The van der Waals surface area contributed by atoms with E-state index in [4.69, 9.17) is 4.74 Å². The van der Waals surface area contributed by atoms with Crippen molar-refractivity contribution in [3.8, 4) is 6.07 Å². The number of aromatic amines is 1. The molecule has 40 heavy (non-hydrogen) atoms. The van der Waals surface area contributed by atoms with Crippen molar-refractivity contribution in [2.24, 2.45) is 11.8 Å². The molecule has 2 heterocycles. The predicted molar refractivity (Wildman–Crippen MR) is 161 cm³/mol. The van der Waals surface area contributed by atoms with E-state index in [1.54, 1.807) is 11.8 Å². The molecule has 0 amide bonds. The molecule has 220 valence electrons. The molecule has 3 rings (SSSR count). The number of nitriles is 1. The summed E-state index contributed by atoms with van der Waals surface area (Å²) < 4.78 is 5.09. The zero-order chi connectivity index (χ0) is 29.4. The normalized spacial score (nSPS) is 21.9. The number of thioether (sulfide) groups is 1. The predicted octanol–water partition coefficient (Wildman–Crippen LogP) is 3.04. The van der Waals surface area contributed by atoms with E-state index in [9.17, 15) is 20.3 Å². The number of hydrogen-bond donors (Lipinski definition) is 4. The minimum Gasteiger partial charge on any atom is -0.460 e. The van der Waals surface area contributed by atoms with Crippen LogP contribution < -0.4 is 5.32 Å². The van der Waals surface area contributed by atoms with Crippen LogP contribution in [0.1, 0.15) is 32.1 Å². The third-order valence-electron chi connectivity index (χ3n) is 7.40. The SMILES string of the molecule is C=CCOC(=O)[C@@H](C#N)CC1SC(C(C)CNc2ccc3[nH]cc(C(O)N(C)CCN(C)C)c3c2)C(O)N1CC. The number of aliphatic hydroxyl groups excluding tert-OH is 2. The van der Waals surface area contributed by atoms with E-state index >= 15 is 0 Å². The van der Waals surface area contributed by atoms with E-state index in [2.05, 4.69) is 34.8 Å². The monoisotopic (exact) mass is 572 g/mol. The van der Waals surface area contributed by atoms with Gasteiger partial charge in [0.15, 0.2) is 0 Å². The van der Waals surface area contributed by atoms with Crippen molar-refractivity contribution in [1.82, 2.24) is 19.7 Å². The second kappa shape index (κ2) is 14.9. The molecule has 4 N–H and O–H groups in total. The Bertz CT molecular complexity index is 1170. The Morgan fingerprint density at radius 3 is 2.77 bits per heavy atom. The maximum atomic E-state index is 12.3. The summed E-state index contributed by atoms with van der Waals surface area (Å²) in [6, 6.07) is 8.11. The number of esters is 1. The number of nitrogens with one attached hydrogen (secondary N) is 2. The van der Waals surface area contributed by atoms with Crippen LogP contribution in [0.3, 0.4) is 0 Å². The Kier molecular flexibility index (Phi) is 11.9.